The molecule has 2 aromatic carbocycles. The second-order valence-corrected chi connectivity index (χ2v) is 5.63. The predicted molar refractivity (Wildman–Crippen MR) is 82.1 cm³/mol. The number of carbonyl (C=O) groups excluding carboxylic acids is 1. The van der Waals surface area contributed by atoms with Gasteiger partial charge in [0.15, 0.2) is 5.78 Å². The van der Waals surface area contributed by atoms with Crippen molar-refractivity contribution in [2.24, 2.45) is 0 Å². The molecule has 0 aliphatic heterocycles. The highest BCUT2D eigenvalue weighted by Gasteiger charge is 2.13. The Hall–Kier alpha value is -2.09. The SMILES string of the molecule is Cc1ccc(C(=O)Cc2ccc3c(c2)CCC3)cc1N. The van der Waals surface area contributed by atoms with Crippen molar-refractivity contribution in [3.8, 4) is 0 Å². The molecule has 102 valence electrons. The molecular formula is C18H19NO. The van der Waals surface area contributed by atoms with Crippen molar-refractivity contribution >= 4 is 11.5 Å². The first kappa shape index (κ1) is 12.9. The Morgan fingerprint density at radius 2 is 1.90 bits per heavy atom. The fourth-order valence-electron chi connectivity index (χ4n) is 2.84. The molecule has 0 bridgehead atoms. The van der Waals surface area contributed by atoms with E-state index in [9.17, 15) is 4.79 Å². The first-order valence-electron chi connectivity index (χ1n) is 7.13. The molecule has 0 radical (unpaired) electrons. The molecule has 0 spiro atoms. The number of nitrogen functional groups attached to an aromatic ring is 1. The summed E-state index contributed by atoms with van der Waals surface area (Å²) >= 11 is 0. The van der Waals surface area contributed by atoms with Gasteiger partial charge >= 0.3 is 0 Å². The molecule has 3 rings (SSSR count). The van der Waals surface area contributed by atoms with E-state index >= 15 is 0 Å². The lowest BCUT2D eigenvalue weighted by atomic mass is 9.98. The van der Waals surface area contributed by atoms with E-state index in [0.717, 1.165) is 17.5 Å². The Morgan fingerprint density at radius 3 is 2.70 bits per heavy atom. The average Bonchev–Trinajstić information content (AvgIpc) is 2.89. The van der Waals surface area contributed by atoms with Crippen molar-refractivity contribution in [3.63, 3.8) is 0 Å². The summed E-state index contributed by atoms with van der Waals surface area (Å²) in [6, 6.07) is 12.0. The number of fused-ring (bicyclic) bond motifs is 1. The maximum atomic E-state index is 12.3. The van der Waals surface area contributed by atoms with Crippen molar-refractivity contribution < 1.29 is 4.79 Å². The third-order valence-electron chi connectivity index (χ3n) is 4.13. The van der Waals surface area contributed by atoms with Crippen LogP contribution in [0, 0.1) is 6.92 Å². The number of carbonyl (C=O) groups is 1. The van der Waals surface area contributed by atoms with E-state index in [-0.39, 0.29) is 5.78 Å². The summed E-state index contributed by atoms with van der Waals surface area (Å²) < 4.78 is 0. The van der Waals surface area contributed by atoms with Gasteiger partial charge in [0.2, 0.25) is 0 Å². The Morgan fingerprint density at radius 1 is 1.10 bits per heavy atom. The van der Waals surface area contributed by atoms with Gasteiger partial charge in [-0.1, -0.05) is 30.3 Å². The quantitative estimate of drug-likeness (QED) is 0.682. The summed E-state index contributed by atoms with van der Waals surface area (Å²) in [5, 5.41) is 0. The standard InChI is InChI=1S/C18H19NO/c1-12-5-7-16(11-17(12)19)18(20)10-13-6-8-14-3-2-4-15(14)9-13/h5-9,11H,2-4,10,19H2,1H3. The van der Waals surface area contributed by atoms with Gasteiger partial charge in [-0.15, -0.1) is 0 Å². The second-order valence-electron chi connectivity index (χ2n) is 5.63. The number of hydrogen-bond donors (Lipinski definition) is 1. The molecule has 0 saturated heterocycles. The predicted octanol–water partition coefficient (Wildman–Crippen LogP) is 3.49. The van der Waals surface area contributed by atoms with Gasteiger partial charge in [-0.25, -0.2) is 0 Å². The van der Waals surface area contributed by atoms with Crippen molar-refractivity contribution in [1.29, 1.82) is 0 Å². The van der Waals surface area contributed by atoms with Crippen molar-refractivity contribution in [1.82, 2.24) is 0 Å². The van der Waals surface area contributed by atoms with Crippen molar-refractivity contribution in [2.45, 2.75) is 32.6 Å². The number of ketones is 1. The van der Waals surface area contributed by atoms with Gasteiger partial charge in [0.25, 0.3) is 0 Å². The summed E-state index contributed by atoms with van der Waals surface area (Å²) in [6.45, 7) is 1.95. The summed E-state index contributed by atoms with van der Waals surface area (Å²) in [4.78, 5) is 12.3. The van der Waals surface area contributed by atoms with Gasteiger partial charge in [0.05, 0.1) is 0 Å². The molecule has 1 aliphatic carbocycles. The molecule has 1 aliphatic rings. The number of rotatable bonds is 3. The van der Waals surface area contributed by atoms with Gasteiger partial charge in [0, 0.05) is 17.7 Å². The number of hydrogen-bond acceptors (Lipinski definition) is 2. The van der Waals surface area contributed by atoms with Gasteiger partial charge in [-0.05, 0) is 54.5 Å². The van der Waals surface area contributed by atoms with Crippen LogP contribution in [0.2, 0.25) is 0 Å². The third kappa shape index (κ3) is 2.46. The minimum absolute atomic E-state index is 0.134. The molecule has 2 nitrogen and oxygen atoms in total. The average molecular weight is 265 g/mol. The fraction of sp³-hybridized carbons (Fsp3) is 0.278. The lowest BCUT2D eigenvalue weighted by Gasteiger charge is -2.06. The Labute approximate surface area is 119 Å². The second kappa shape index (κ2) is 5.12. The number of aryl methyl sites for hydroxylation is 3. The third-order valence-corrected chi connectivity index (χ3v) is 4.13. The zero-order valence-electron chi connectivity index (χ0n) is 11.8. The van der Waals surface area contributed by atoms with Gasteiger partial charge in [-0.2, -0.15) is 0 Å². The number of nitrogens with two attached hydrogens (primary N) is 1. The Kier molecular flexibility index (Phi) is 3.31. The molecule has 2 aromatic rings. The van der Waals surface area contributed by atoms with E-state index < -0.39 is 0 Å². The maximum absolute atomic E-state index is 12.3. The topological polar surface area (TPSA) is 43.1 Å². The smallest absolute Gasteiger partial charge is 0.167 e. The van der Waals surface area contributed by atoms with Crippen LogP contribution in [0.15, 0.2) is 36.4 Å². The molecule has 0 aromatic heterocycles. The van der Waals surface area contributed by atoms with Crippen LogP contribution in [0.4, 0.5) is 5.69 Å². The largest absolute Gasteiger partial charge is 0.398 e. The summed E-state index contributed by atoms with van der Waals surface area (Å²) in [5.74, 6) is 0.134. The highest BCUT2D eigenvalue weighted by Crippen LogP contribution is 2.23. The van der Waals surface area contributed by atoms with Crippen molar-refractivity contribution in [2.75, 3.05) is 5.73 Å². The molecule has 0 atom stereocenters. The van der Waals surface area contributed by atoms with Gasteiger partial charge < -0.3 is 5.73 Å². The fourth-order valence-corrected chi connectivity index (χ4v) is 2.84. The first-order chi connectivity index (χ1) is 9.63. The molecule has 0 amide bonds. The molecule has 2 heteroatoms. The van der Waals surface area contributed by atoms with Crippen LogP contribution >= 0.6 is 0 Å². The Bertz CT molecular complexity index is 673. The van der Waals surface area contributed by atoms with Crippen LogP contribution in [0.25, 0.3) is 0 Å². The van der Waals surface area contributed by atoms with Crippen LogP contribution in [-0.2, 0) is 19.3 Å². The van der Waals surface area contributed by atoms with Crippen LogP contribution in [0.3, 0.4) is 0 Å². The lowest BCUT2D eigenvalue weighted by molar-refractivity contribution is 0.0993. The number of anilines is 1. The molecular weight excluding hydrogens is 246 g/mol. The van der Waals surface area contributed by atoms with Crippen LogP contribution in [-0.4, -0.2) is 5.78 Å². The van der Waals surface area contributed by atoms with Gasteiger partial charge in [-0.3, -0.25) is 4.79 Å². The molecule has 0 unspecified atom stereocenters. The molecule has 0 fully saturated rings. The monoisotopic (exact) mass is 265 g/mol. The summed E-state index contributed by atoms with van der Waals surface area (Å²) in [5.41, 5.74) is 12.2. The van der Waals surface area contributed by atoms with E-state index in [2.05, 4.69) is 18.2 Å². The molecule has 2 N–H and O–H groups in total. The Balaban J connectivity index is 1.80. The lowest BCUT2D eigenvalue weighted by Crippen LogP contribution is -2.05. The molecule has 0 saturated carbocycles. The summed E-state index contributed by atoms with van der Waals surface area (Å²) in [6.07, 6.45) is 4.02. The first-order valence-corrected chi connectivity index (χ1v) is 7.13. The molecule has 0 heterocycles. The zero-order chi connectivity index (χ0) is 14.1. The highest BCUT2D eigenvalue weighted by molar-refractivity contribution is 5.98. The summed E-state index contributed by atoms with van der Waals surface area (Å²) in [7, 11) is 0. The number of Topliss-reactive ketones (excluding diaryl/α,β-unsaturated/α-hetero) is 1. The molecule has 20 heavy (non-hydrogen) atoms. The zero-order valence-corrected chi connectivity index (χ0v) is 11.8. The van der Waals surface area contributed by atoms with E-state index in [1.807, 2.05) is 19.1 Å². The maximum Gasteiger partial charge on any atom is 0.167 e. The van der Waals surface area contributed by atoms with Gasteiger partial charge in [0.1, 0.15) is 0 Å². The van der Waals surface area contributed by atoms with Crippen LogP contribution in [0.5, 0.6) is 0 Å². The highest BCUT2D eigenvalue weighted by atomic mass is 16.1. The minimum Gasteiger partial charge on any atom is -0.398 e. The van der Waals surface area contributed by atoms with E-state index in [0.29, 0.717) is 17.7 Å². The normalized spacial score (nSPS) is 13.2. The van der Waals surface area contributed by atoms with Crippen LogP contribution in [0.1, 0.15) is 39.0 Å². The van der Waals surface area contributed by atoms with Crippen LogP contribution < -0.4 is 5.73 Å². The van der Waals surface area contributed by atoms with E-state index in [1.165, 1.54) is 24.0 Å². The van der Waals surface area contributed by atoms with Crippen molar-refractivity contribution in [3.05, 3.63) is 64.2 Å². The minimum atomic E-state index is 0.134. The number of benzene rings is 2. The van der Waals surface area contributed by atoms with E-state index in [1.54, 1.807) is 6.07 Å². The van der Waals surface area contributed by atoms with E-state index in [4.69, 9.17) is 5.73 Å².